The van der Waals surface area contributed by atoms with E-state index in [2.05, 4.69) is 5.32 Å². The number of hydrogen-bond acceptors (Lipinski definition) is 3. The van der Waals surface area contributed by atoms with Gasteiger partial charge in [0.1, 0.15) is 6.04 Å². The number of nitrogens with zero attached hydrogens (tertiary/aromatic N) is 1. The first-order chi connectivity index (χ1) is 9.99. The van der Waals surface area contributed by atoms with E-state index in [1.54, 1.807) is 11.8 Å². The van der Waals surface area contributed by atoms with Crippen molar-refractivity contribution >= 4 is 29.4 Å². The highest BCUT2D eigenvalue weighted by Crippen LogP contribution is 2.15. The van der Waals surface area contributed by atoms with Crippen LogP contribution in [0.3, 0.4) is 0 Å². The molecular formula is C15H22N2O3S. The van der Waals surface area contributed by atoms with Gasteiger partial charge in [-0.2, -0.15) is 11.8 Å². The first kappa shape index (κ1) is 17.4. The lowest BCUT2D eigenvalue weighted by Gasteiger charge is -2.24. The third-order valence-corrected chi connectivity index (χ3v) is 3.76. The number of carbonyl (C=O) groups is 2. The van der Waals surface area contributed by atoms with Gasteiger partial charge >= 0.3 is 12.0 Å². The highest BCUT2D eigenvalue weighted by atomic mass is 32.2. The standard InChI is InChI=1S/C15H22N2O3S/c1-4-17(12-7-5-11(2)6-8-12)15(20)16-13(14(18)19)9-10-21-3/h5-8,13H,4,9-10H2,1-3H3,(H,16,20)(H,18,19)/t13-/m0/s1. The summed E-state index contributed by atoms with van der Waals surface area (Å²) in [6.45, 7) is 4.31. The second kappa shape index (κ2) is 8.56. The van der Waals surface area contributed by atoms with Gasteiger partial charge in [-0.05, 0) is 44.4 Å². The number of carboxylic acid groups (broad SMARTS) is 1. The van der Waals surface area contributed by atoms with Crippen LogP contribution in [0.2, 0.25) is 0 Å². The Bertz CT molecular complexity index is 476. The molecule has 0 radical (unpaired) electrons. The van der Waals surface area contributed by atoms with Gasteiger partial charge in [-0.3, -0.25) is 4.90 Å². The van der Waals surface area contributed by atoms with Crippen molar-refractivity contribution in [3.8, 4) is 0 Å². The van der Waals surface area contributed by atoms with Crippen molar-refractivity contribution in [1.82, 2.24) is 5.32 Å². The molecule has 6 heteroatoms. The molecule has 0 bridgehead atoms. The maximum atomic E-state index is 12.3. The molecule has 5 nitrogen and oxygen atoms in total. The predicted octanol–water partition coefficient (Wildman–Crippen LogP) is 2.74. The minimum Gasteiger partial charge on any atom is -0.480 e. The fourth-order valence-corrected chi connectivity index (χ4v) is 2.36. The van der Waals surface area contributed by atoms with Gasteiger partial charge in [0.2, 0.25) is 0 Å². The third-order valence-electron chi connectivity index (χ3n) is 3.11. The summed E-state index contributed by atoms with van der Waals surface area (Å²) in [6.07, 6.45) is 2.32. The van der Waals surface area contributed by atoms with E-state index in [4.69, 9.17) is 5.11 Å². The fourth-order valence-electron chi connectivity index (χ4n) is 1.89. The number of rotatable bonds is 7. The highest BCUT2D eigenvalue weighted by Gasteiger charge is 2.22. The Morgan fingerprint density at radius 2 is 1.95 bits per heavy atom. The molecule has 21 heavy (non-hydrogen) atoms. The van der Waals surface area contributed by atoms with E-state index in [1.165, 1.54) is 4.90 Å². The summed E-state index contributed by atoms with van der Waals surface area (Å²) in [5, 5.41) is 11.8. The quantitative estimate of drug-likeness (QED) is 0.812. The third kappa shape index (κ3) is 5.30. The van der Waals surface area contributed by atoms with Crippen molar-refractivity contribution in [2.24, 2.45) is 0 Å². The molecule has 0 aliphatic carbocycles. The lowest BCUT2D eigenvalue weighted by molar-refractivity contribution is -0.139. The van der Waals surface area contributed by atoms with Crippen LogP contribution in [-0.2, 0) is 4.79 Å². The van der Waals surface area contributed by atoms with Crippen LogP contribution in [-0.4, -0.2) is 41.7 Å². The van der Waals surface area contributed by atoms with Crippen LogP contribution in [0.4, 0.5) is 10.5 Å². The number of amides is 2. The molecule has 1 aromatic carbocycles. The summed E-state index contributed by atoms with van der Waals surface area (Å²) in [4.78, 5) is 25.0. The molecule has 0 aliphatic heterocycles. The second-order valence-corrected chi connectivity index (χ2v) is 5.69. The molecule has 0 unspecified atom stereocenters. The number of carboxylic acids is 1. The predicted molar refractivity (Wildman–Crippen MR) is 87.2 cm³/mol. The average Bonchev–Trinajstić information content (AvgIpc) is 2.46. The Balaban J connectivity index is 2.77. The first-order valence-electron chi connectivity index (χ1n) is 6.86. The number of nitrogens with one attached hydrogen (secondary N) is 1. The Morgan fingerprint density at radius 3 is 2.43 bits per heavy atom. The Hall–Kier alpha value is -1.69. The molecule has 0 saturated carbocycles. The van der Waals surface area contributed by atoms with Crippen LogP contribution < -0.4 is 10.2 Å². The number of benzene rings is 1. The van der Waals surface area contributed by atoms with E-state index < -0.39 is 12.0 Å². The average molecular weight is 310 g/mol. The molecule has 0 heterocycles. The van der Waals surface area contributed by atoms with Gasteiger partial charge in [-0.1, -0.05) is 17.7 Å². The van der Waals surface area contributed by atoms with Crippen molar-refractivity contribution in [2.45, 2.75) is 26.3 Å². The van der Waals surface area contributed by atoms with E-state index in [-0.39, 0.29) is 6.03 Å². The van der Waals surface area contributed by atoms with Crippen LogP contribution in [0.25, 0.3) is 0 Å². The summed E-state index contributed by atoms with van der Waals surface area (Å²) in [6, 6.07) is 6.33. The molecule has 116 valence electrons. The van der Waals surface area contributed by atoms with Gasteiger partial charge in [0.05, 0.1) is 0 Å². The maximum absolute atomic E-state index is 12.3. The van der Waals surface area contributed by atoms with Gasteiger partial charge in [-0.15, -0.1) is 0 Å². The van der Waals surface area contributed by atoms with E-state index in [0.717, 1.165) is 11.3 Å². The van der Waals surface area contributed by atoms with Gasteiger partial charge in [0.25, 0.3) is 0 Å². The van der Waals surface area contributed by atoms with Crippen LogP contribution in [0.15, 0.2) is 24.3 Å². The lowest BCUT2D eigenvalue weighted by atomic mass is 10.2. The Labute approximate surface area is 129 Å². The molecule has 1 atom stereocenters. The lowest BCUT2D eigenvalue weighted by Crippen LogP contribution is -2.48. The number of thioether (sulfide) groups is 1. The summed E-state index contributed by atoms with van der Waals surface area (Å²) in [7, 11) is 0. The zero-order valence-electron chi connectivity index (χ0n) is 12.6. The largest absolute Gasteiger partial charge is 0.480 e. The normalized spacial score (nSPS) is 11.8. The minimum absolute atomic E-state index is 0.380. The molecule has 0 aromatic heterocycles. The summed E-state index contributed by atoms with van der Waals surface area (Å²) < 4.78 is 0. The summed E-state index contributed by atoms with van der Waals surface area (Å²) in [5.74, 6) is -0.314. The van der Waals surface area contributed by atoms with Crippen molar-refractivity contribution in [2.75, 3.05) is 23.5 Å². The Morgan fingerprint density at radius 1 is 1.33 bits per heavy atom. The number of carbonyl (C=O) groups excluding carboxylic acids is 1. The first-order valence-corrected chi connectivity index (χ1v) is 8.25. The summed E-state index contributed by atoms with van der Waals surface area (Å²) in [5.41, 5.74) is 1.87. The van der Waals surface area contributed by atoms with Gasteiger partial charge in [0, 0.05) is 12.2 Å². The van der Waals surface area contributed by atoms with Crippen LogP contribution in [0, 0.1) is 6.92 Å². The topological polar surface area (TPSA) is 69.6 Å². The van der Waals surface area contributed by atoms with E-state index in [1.807, 2.05) is 44.4 Å². The van der Waals surface area contributed by atoms with Crippen molar-refractivity contribution in [3.05, 3.63) is 29.8 Å². The Kier molecular flexibility index (Phi) is 7.08. The number of urea groups is 1. The van der Waals surface area contributed by atoms with Crippen LogP contribution in [0.5, 0.6) is 0 Å². The van der Waals surface area contributed by atoms with Crippen molar-refractivity contribution < 1.29 is 14.7 Å². The molecule has 0 aliphatic rings. The number of hydrogen-bond donors (Lipinski definition) is 2. The monoisotopic (exact) mass is 310 g/mol. The van der Waals surface area contributed by atoms with E-state index in [9.17, 15) is 9.59 Å². The second-order valence-electron chi connectivity index (χ2n) is 4.70. The fraction of sp³-hybridized carbons (Fsp3) is 0.467. The smallest absolute Gasteiger partial charge is 0.326 e. The van der Waals surface area contributed by atoms with Crippen molar-refractivity contribution in [1.29, 1.82) is 0 Å². The van der Waals surface area contributed by atoms with Crippen LogP contribution >= 0.6 is 11.8 Å². The van der Waals surface area contributed by atoms with Crippen LogP contribution in [0.1, 0.15) is 18.9 Å². The van der Waals surface area contributed by atoms with Gasteiger partial charge < -0.3 is 10.4 Å². The molecular weight excluding hydrogens is 288 g/mol. The molecule has 1 aromatic rings. The SMILES string of the molecule is CCN(C(=O)N[C@@H](CCSC)C(=O)O)c1ccc(C)cc1. The van der Waals surface area contributed by atoms with E-state index >= 15 is 0 Å². The molecule has 2 N–H and O–H groups in total. The molecule has 0 fully saturated rings. The van der Waals surface area contributed by atoms with Gasteiger partial charge in [-0.25, -0.2) is 9.59 Å². The zero-order valence-corrected chi connectivity index (χ0v) is 13.4. The molecule has 1 rings (SSSR count). The molecule has 0 spiro atoms. The van der Waals surface area contributed by atoms with E-state index in [0.29, 0.717) is 18.7 Å². The maximum Gasteiger partial charge on any atom is 0.326 e. The minimum atomic E-state index is -1.00. The summed E-state index contributed by atoms with van der Waals surface area (Å²) >= 11 is 1.56. The zero-order chi connectivity index (χ0) is 15.8. The molecule has 2 amide bonds. The number of anilines is 1. The number of aliphatic carboxylic acids is 1. The van der Waals surface area contributed by atoms with Gasteiger partial charge in [0.15, 0.2) is 0 Å². The number of aryl methyl sites for hydroxylation is 1. The molecule has 0 saturated heterocycles. The van der Waals surface area contributed by atoms with Crippen molar-refractivity contribution in [3.63, 3.8) is 0 Å². The highest BCUT2D eigenvalue weighted by molar-refractivity contribution is 7.98.